The summed E-state index contributed by atoms with van der Waals surface area (Å²) in [6.07, 6.45) is 0. The monoisotopic (exact) mass is 435 g/mol. The smallest absolute Gasteiger partial charge is 0.259 e. The maximum absolute atomic E-state index is 12.3. The zero-order valence-electron chi connectivity index (χ0n) is 15.9. The summed E-state index contributed by atoms with van der Waals surface area (Å²) in [6, 6.07) is 1.92. The van der Waals surface area contributed by atoms with E-state index in [1.54, 1.807) is 27.8 Å². The predicted molar refractivity (Wildman–Crippen MR) is 117 cm³/mol. The normalized spacial score (nSPS) is 13.4. The van der Waals surface area contributed by atoms with E-state index in [0.717, 1.165) is 38.3 Å². The summed E-state index contributed by atoms with van der Waals surface area (Å²) in [6.45, 7) is 4.20. The minimum absolute atomic E-state index is 0.0747. The average molecular weight is 436 g/mol. The number of nitrogens with one attached hydrogen (secondary N) is 2. The van der Waals surface area contributed by atoms with Crippen molar-refractivity contribution in [1.82, 2.24) is 19.7 Å². The Kier molecular flexibility index (Phi) is 5.52. The summed E-state index contributed by atoms with van der Waals surface area (Å²) < 4.78 is 1.74. The Bertz CT molecular complexity index is 1100. The summed E-state index contributed by atoms with van der Waals surface area (Å²) in [5, 5.41) is 8.06. The molecule has 4 heterocycles. The van der Waals surface area contributed by atoms with Crippen molar-refractivity contribution in [1.29, 1.82) is 0 Å². The lowest BCUT2D eigenvalue weighted by atomic mass is 10.2. The maximum Gasteiger partial charge on any atom is 0.259 e. The Hall–Kier alpha value is -1.78. The highest BCUT2D eigenvalue weighted by atomic mass is 32.2. The van der Waals surface area contributed by atoms with E-state index >= 15 is 0 Å². The number of aromatic nitrogens is 4. The molecule has 0 fully saturated rings. The molecule has 10 heteroatoms. The molecule has 3 aromatic rings. The predicted octanol–water partition coefficient (Wildman–Crippen LogP) is 3.46. The molecule has 2 N–H and O–H groups in total. The third-order valence-corrected chi connectivity index (χ3v) is 7.73. The first-order valence-electron chi connectivity index (χ1n) is 8.95. The number of carbonyl (C=O) groups excluding carboxylic acids is 1. The van der Waals surface area contributed by atoms with Gasteiger partial charge in [0.15, 0.2) is 0 Å². The van der Waals surface area contributed by atoms with Crippen LogP contribution in [0.5, 0.6) is 0 Å². The van der Waals surface area contributed by atoms with E-state index in [4.69, 9.17) is 0 Å². The van der Waals surface area contributed by atoms with Gasteiger partial charge in [-0.25, -0.2) is 4.98 Å². The van der Waals surface area contributed by atoms with Gasteiger partial charge in [0.2, 0.25) is 5.91 Å². The fraction of sp³-hybridized carbons (Fsp3) is 0.444. The van der Waals surface area contributed by atoms with Crippen LogP contribution in [0.3, 0.4) is 0 Å². The van der Waals surface area contributed by atoms with Crippen LogP contribution in [-0.2, 0) is 29.1 Å². The van der Waals surface area contributed by atoms with Crippen LogP contribution in [0.25, 0.3) is 10.2 Å². The third-order valence-electron chi connectivity index (χ3n) is 4.48. The maximum atomic E-state index is 12.3. The van der Waals surface area contributed by atoms with E-state index in [-0.39, 0.29) is 17.2 Å². The summed E-state index contributed by atoms with van der Waals surface area (Å²) in [5.74, 6) is 4.24. The lowest BCUT2D eigenvalue weighted by molar-refractivity contribution is -0.113. The first kappa shape index (κ1) is 19.5. The SMILES string of the molecule is CC(C)c1cc2c(=O)[nH]c(CSCC(=O)Nc3c4c(nn3C)CSC4)nc2s1. The number of amides is 1. The van der Waals surface area contributed by atoms with E-state index in [2.05, 4.69) is 34.2 Å². The molecule has 0 saturated carbocycles. The van der Waals surface area contributed by atoms with Gasteiger partial charge in [0.05, 0.1) is 22.6 Å². The van der Waals surface area contributed by atoms with Gasteiger partial charge in [0, 0.05) is 29.0 Å². The van der Waals surface area contributed by atoms with Crippen molar-refractivity contribution in [2.45, 2.75) is 37.0 Å². The van der Waals surface area contributed by atoms with Gasteiger partial charge >= 0.3 is 0 Å². The molecular weight excluding hydrogens is 414 g/mol. The second-order valence-corrected chi connectivity index (χ2v) is 10.00. The summed E-state index contributed by atoms with van der Waals surface area (Å²) in [4.78, 5) is 34.0. The molecule has 148 valence electrons. The van der Waals surface area contributed by atoms with Crippen molar-refractivity contribution >= 4 is 56.8 Å². The molecule has 1 aliphatic rings. The van der Waals surface area contributed by atoms with Gasteiger partial charge in [-0.1, -0.05) is 13.8 Å². The van der Waals surface area contributed by atoms with Crippen LogP contribution in [0, 0.1) is 0 Å². The number of aryl methyl sites for hydroxylation is 1. The van der Waals surface area contributed by atoms with Gasteiger partial charge in [0.25, 0.3) is 5.56 Å². The fourth-order valence-corrected chi connectivity index (χ4v) is 5.83. The van der Waals surface area contributed by atoms with E-state index in [1.807, 2.05) is 13.1 Å². The fourth-order valence-electron chi connectivity index (χ4n) is 3.05. The number of carbonyl (C=O) groups is 1. The molecule has 1 amide bonds. The zero-order chi connectivity index (χ0) is 19.8. The van der Waals surface area contributed by atoms with Crippen molar-refractivity contribution < 1.29 is 4.79 Å². The molecule has 1 aliphatic heterocycles. The Labute approximate surface area is 174 Å². The molecule has 28 heavy (non-hydrogen) atoms. The van der Waals surface area contributed by atoms with E-state index < -0.39 is 0 Å². The lowest BCUT2D eigenvalue weighted by Gasteiger charge is -2.07. The van der Waals surface area contributed by atoms with Crippen LogP contribution in [0.15, 0.2) is 10.9 Å². The van der Waals surface area contributed by atoms with Crippen LogP contribution in [0.1, 0.15) is 41.7 Å². The number of rotatable bonds is 6. The van der Waals surface area contributed by atoms with E-state index in [9.17, 15) is 9.59 Å². The Morgan fingerprint density at radius 3 is 3.04 bits per heavy atom. The van der Waals surface area contributed by atoms with Gasteiger partial charge < -0.3 is 10.3 Å². The highest BCUT2D eigenvalue weighted by molar-refractivity contribution is 7.99. The molecular formula is C18H21N5O2S3. The van der Waals surface area contributed by atoms with Crippen LogP contribution in [0.2, 0.25) is 0 Å². The van der Waals surface area contributed by atoms with Gasteiger partial charge in [-0.2, -0.15) is 16.9 Å². The summed E-state index contributed by atoms with van der Waals surface area (Å²) >= 11 is 4.80. The zero-order valence-corrected chi connectivity index (χ0v) is 18.3. The average Bonchev–Trinajstić information content (AvgIpc) is 3.32. The highest BCUT2D eigenvalue weighted by Crippen LogP contribution is 2.34. The number of anilines is 1. The topological polar surface area (TPSA) is 92.7 Å². The van der Waals surface area contributed by atoms with Crippen LogP contribution in [-0.4, -0.2) is 31.4 Å². The number of nitrogens with zero attached hydrogens (tertiary/aromatic N) is 3. The number of hydrogen-bond donors (Lipinski definition) is 2. The lowest BCUT2D eigenvalue weighted by Crippen LogP contribution is -2.18. The number of thioether (sulfide) groups is 2. The molecule has 0 radical (unpaired) electrons. The highest BCUT2D eigenvalue weighted by Gasteiger charge is 2.22. The summed E-state index contributed by atoms with van der Waals surface area (Å²) in [7, 11) is 1.85. The number of aromatic amines is 1. The Balaban J connectivity index is 1.38. The number of H-pyrrole nitrogens is 1. The van der Waals surface area contributed by atoms with Gasteiger partial charge in [-0.05, 0) is 12.0 Å². The van der Waals surface area contributed by atoms with Crippen molar-refractivity contribution in [3.63, 3.8) is 0 Å². The quantitative estimate of drug-likeness (QED) is 0.616. The molecule has 3 aromatic heterocycles. The van der Waals surface area contributed by atoms with Crippen LogP contribution in [0.4, 0.5) is 5.82 Å². The molecule has 7 nitrogen and oxygen atoms in total. The standard InChI is InChI=1S/C18H21N5O2S3/c1-9(2)13-4-10-17(25)19-14(20-18(10)28-13)7-27-8-15(24)21-16-11-5-26-6-12(11)22-23(16)3/h4,9H,5-8H2,1-3H3,(H,21,24)(H,19,20,25). The van der Waals surface area contributed by atoms with E-state index in [0.29, 0.717) is 22.9 Å². The van der Waals surface area contributed by atoms with Gasteiger partial charge in [0.1, 0.15) is 16.5 Å². The number of hydrogen-bond acceptors (Lipinski definition) is 7. The molecule has 0 aliphatic carbocycles. The van der Waals surface area contributed by atoms with Gasteiger partial charge in [-0.15, -0.1) is 23.1 Å². The number of fused-ring (bicyclic) bond motifs is 2. The molecule has 0 saturated heterocycles. The van der Waals surface area contributed by atoms with Crippen molar-refractivity contribution in [3.8, 4) is 0 Å². The molecule has 0 bridgehead atoms. The van der Waals surface area contributed by atoms with Gasteiger partial charge in [-0.3, -0.25) is 14.3 Å². The van der Waals surface area contributed by atoms with Crippen molar-refractivity contribution in [2.24, 2.45) is 7.05 Å². The largest absolute Gasteiger partial charge is 0.310 e. The molecule has 0 atom stereocenters. The van der Waals surface area contributed by atoms with Crippen molar-refractivity contribution in [2.75, 3.05) is 11.1 Å². The minimum atomic E-state index is -0.115. The van der Waals surface area contributed by atoms with Crippen LogP contribution < -0.4 is 10.9 Å². The van der Waals surface area contributed by atoms with Crippen molar-refractivity contribution in [3.05, 3.63) is 38.4 Å². The third kappa shape index (κ3) is 3.85. The Morgan fingerprint density at radius 2 is 2.25 bits per heavy atom. The molecule has 4 rings (SSSR count). The second-order valence-electron chi connectivity index (χ2n) is 6.97. The Morgan fingerprint density at radius 1 is 1.43 bits per heavy atom. The molecule has 0 unspecified atom stereocenters. The molecule has 0 aromatic carbocycles. The summed E-state index contributed by atoms with van der Waals surface area (Å²) in [5.41, 5.74) is 2.07. The minimum Gasteiger partial charge on any atom is -0.310 e. The van der Waals surface area contributed by atoms with E-state index in [1.165, 1.54) is 11.8 Å². The molecule has 0 spiro atoms. The first-order chi connectivity index (χ1) is 13.4. The second kappa shape index (κ2) is 7.92. The number of thiophene rings is 1. The van der Waals surface area contributed by atoms with Crippen LogP contribution >= 0.6 is 34.9 Å². The first-order valence-corrected chi connectivity index (χ1v) is 12.1.